The Balaban J connectivity index is 1.45. The summed E-state index contributed by atoms with van der Waals surface area (Å²) >= 11 is 1.20. The molecule has 0 aliphatic rings. The van der Waals surface area contributed by atoms with E-state index in [9.17, 15) is 14.4 Å². The largest absolute Gasteiger partial charge is 0.346 e. The number of nitrogens with one attached hydrogen (secondary N) is 2. The highest BCUT2D eigenvalue weighted by Gasteiger charge is 2.17. The smallest absolute Gasteiger partial charge is 0.262 e. The Labute approximate surface area is 200 Å². The highest BCUT2D eigenvalue weighted by molar-refractivity contribution is 7.99. The molecule has 10 heteroatoms. The van der Waals surface area contributed by atoms with Crippen molar-refractivity contribution in [2.75, 3.05) is 17.6 Å². The molecule has 0 saturated heterocycles. The molecular formula is C24H26N6O3S. The van der Waals surface area contributed by atoms with E-state index in [1.807, 2.05) is 57.2 Å². The summed E-state index contributed by atoms with van der Waals surface area (Å²) in [7, 11) is 0. The van der Waals surface area contributed by atoms with Gasteiger partial charge in [0.05, 0.1) is 23.2 Å². The van der Waals surface area contributed by atoms with E-state index in [1.54, 1.807) is 15.0 Å². The van der Waals surface area contributed by atoms with Crippen LogP contribution in [0.1, 0.15) is 24.5 Å². The highest BCUT2D eigenvalue weighted by atomic mass is 32.2. The zero-order chi connectivity index (χ0) is 24.2. The number of fused-ring (bicyclic) bond motifs is 3. The van der Waals surface area contributed by atoms with Crippen LogP contribution in [-0.4, -0.2) is 43.3 Å². The topological polar surface area (TPSA) is 110 Å². The quantitative estimate of drug-likeness (QED) is 0.377. The van der Waals surface area contributed by atoms with Gasteiger partial charge in [-0.1, -0.05) is 43.0 Å². The molecule has 0 saturated carbocycles. The number of amides is 2. The number of hydrogen-bond acceptors (Lipinski definition) is 6. The van der Waals surface area contributed by atoms with E-state index >= 15 is 0 Å². The molecule has 0 bridgehead atoms. The molecule has 0 unspecified atom stereocenters. The molecule has 34 heavy (non-hydrogen) atoms. The van der Waals surface area contributed by atoms with Crippen LogP contribution in [0.15, 0.2) is 52.4 Å². The Morgan fingerprint density at radius 1 is 1.03 bits per heavy atom. The van der Waals surface area contributed by atoms with Gasteiger partial charge in [0.25, 0.3) is 5.56 Å². The van der Waals surface area contributed by atoms with Gasteiger partial charge in [0, 0.05) is 12.2 Å². The number of nitrogens with zero attached hydrogens (tertiary/aromatic N) is 4. The third-order valence-corrected chi connectivity index (χ3v) is 6.51. The first kappa shape index (κ1) is 23.5. The molecule has 0 aliphatic heterocycles. The number of hydrogen-bond donors (Lipinski definition) is 2. The van der Waals surface area contributed by atoms with Crippen LogP contribution < -0.4 is 16.2 Å². The molecule has 0 atom stereocenters. The molecule has 4 rings (SSSR count). The summed E-state index contributed by atoms with van der Waals surface area (Å²) in [6.07, 6.45) is 0.774. The van der Waals surface area contributed by atoms with Gasteiger partial charge in [-0.15, -0.1) is 10.2 Å². The summed E-state index contributed by atoms with van der Waals surface area (Å²) < 4.78 is 3.41. The Hall–Kier alpha value is -3.66. The van der Waals surface area contributed by atoms with E-state index in [0.29, 0.717) is 28.4 Å². The third-order valence-electron chi connectivity index (χ3n) is 5.58. The second-order valence-electron chi connectivity index (χ2n) is 7.95. The van der Waals surface area contributed by atoms with E-state index in [4.69, 9.17) is 0 Å². The van der Waals surface area contributed by atoms with Crippen molar-refractivity contribution in [3.8, 4) is 0 Å². The number of anilines is 1. The monoisotopic (exact) mass is 478 g/mol. The van der Waals surface area contributed by atoms with Crippen molar-refractivity contribution in [2.24, 2.45) is 0 Å². The number of para-hydroxylation sites is 1. The van der Waals surface area contributed by atoms with Crippen LogP contribution in [0.5, 0.6) is 0 Å². The lowest BCUT2D eigenvalue weighted by molar-refractivity contribution is -0.122. The second-order valence-corrected chi connectivity index (χ2v) is 8.90. The molecule has 2 amide bonds. The summed E-state index contributed by atoms with van der Waals surface area (Å²) in [6.45, 7) is 6.29. The van der Waals surface area contributed by atoms with Crippen molar-refractivity contribution >= 4 is 45.9 Å². The van der Waals surface area contributed by atoms with Crippen molar-refractivity contribution in [1.82, 2.24) is 24.5 Å². The van der Waals surface area contributed by atoms with Crippen molar-refractivity contribution in [2.45, 2.75) is 38.9 Å². The summed E-state index contributed by atoms with van der Waals surface area (Å²) in [5.41, 5.74) is 3.38. The molecule has 0 aliphatic carbocycles. The van der Waals surface area contributed by atoms with Crippen molar-refractivity contribution in [1.29, 1.82) is 0 Å². The van der Waals surface area contributed by atoms with Gasteiger partial charge in [0.2, 0.25) is 17.6 Å². The minimum Gasteiger partial charge on any atom is -0.346 e. The highest BCUT2D eigenvalue weighted by Crippen LogP contribution is 2.21. The molecule has 4 aromatic rings. The van der Waals surface area contributed by atoms with E-state index in [2.05, 4.69) is 20.8 Å². The Kier molecular flexibility index (Phi) is 6.97. The molecule has 2 heterocycles. The molecule has 2 aromatic heterocycles. The van der Waals surface area contributed by atoms with Crippen molar-refractivity contribution < 1.29 is 9.59 Å². The minimum atomic E-state index is -0.302. The number of aryl methyl sites for hydroxylation is 2. The third kappa shape index (κ3) is 4.67. The van der Waals surface area contributed by atoms with Crippen LogP contribution in [0, 0.1) is 13.8 Å². The van der Waals surface area contributed by atoms with Gasteiger partial charge in [-0.25, -0.2) is 0 Å². The lowest BCUT2D eigenvalue weighted by atomic mass is 10.1. The van der Waals surface area contributed by atoms with Crippen LogP contribution >= 0.6 is 11.8 Å². The predicted octanol–water partition coefficient (Wildman–Crippen LogP) is 2.92. The van der Waals surface area contributed by atoms with Crippen molar-refractivity contribution in [3.05, 3.63) is 63.9 Å². The first-order valence-electron chi connectivity index (χ1n) is 11.0. The fraction of sp³-hybridized carbons (Fsp3) is 0.292. The molecule has 0 radical (unpaired) electrons. The van der Waals surface area contributed by atoms with Gasteiger partial charge >= 0.3 is 0 Å². The molecule has 176 valence electrons. The van der Waals surface area contributed by atoms with E-state index in [1.165, 1.54) is 11.8 Å². The molecule has 2 aromatic carbocycles. The second kappa shape index (κ2) is 10.1. The van der Waals surface area contributed by atoms with E-state index in [0.717, 1.165) is 23.2 Å². The number of rotatable bonds is 8. The normalized spacial score (nSPS) is 11.1. The SMILES string of the molecule is CCCn1c(=O)c2ccccc2n2c(SCC(=O)NCC(=O)Nc3cccc(C)c3C)nnc12. The van der Waals surface area contributed by atoms with Crippen molar-refractivity contribution in [3.63, 3.8) is 0 Å². The summed E-state index contributed by atoms with van der Waals surface area (Å²) in [6, 6.07) is 13.0. The van der Waals surface area contributed by atoms with E-state index < -0.39 is 0 Å². The van der Waals surface area contributed by atoms with Crippen LogP contribution in [0.4, 0.5) is 5.69 Å². The van der Waals surface area contributed by atoms with Gasteiger partial charge in [-0.05, 0) is 49.6 Å². The Morgan fingerprint density at radius 3 is 2.62 bits per heavy atom. The maximum Gasteiger partial charge on any atom is 0.262 e. The van der Waals surface area contributed by atoms with Crippen LogP contribution in [-0.2, 0) is 16.1 Å². The van der Waals surface area contributed by atoms with E-state index in [-0.39, 0.29) is 29.7 Å². The zero-order valence-electron chi connectivity index (χ0n) is 19.3. The predicted molar refractivity (Wildman–Crippen MR) is 133 cm³/mol. The molecule has 9 nitrogen and oxygen atoms in total. The zero-order valence-corrected chi connectivity index (χ0v) is 20.1. The standard InChI is InChI=1S/C24H26N6O3S/c1-4-12-29-22(33)17-9-5-6-11-19(17)30-23(29)27-28-24(30)34-14-21(32)25-13-20(31)26-18-10-7-8-15(2)16(18)3/h5-11H,4,12-14H2,1-3H3,(H,25,32)(H,26,31). The summed E-state index contributed by atoms with van der Waals surface area (Å²) in [5.74, 6) is -0.0985. The number of aromatic nitrogens is 4. The lowest BCUT2D eigenvalue weighted by Crippen LogP contribution is -2.34. The fourth-order valence-electron chi connectivity index (χ4n) is 3.69. The minimum absolute atomic E-state index is 0.0543. The molecule has 0 spiro atoms. The van der Waals surface area contributed by atoms with Gasteiger partial charge in [0.15, 0.2) is 5.16 Å². The van der Waals surface area contributed by atoms with Crippen LogP contribution in [0.25, 0.3) is 16.7 Å². The summed E-state index contributed by atoms with van der Waals surface area (Å²) in [4.78, 5) is 37.6. The van der Waals surface area contributed by atoms with Gasteiger partial charge in [-0.3, -0.25) is 23.4 Å². The maximum absolute atomic E-state index is 12.9. The van der Waals surface area contributed by atoms with Crippen LogP contribution in [0.2, 0.25) is 0 Å². The van der Waals surface area contributed by atoms with Crippen LogP contribution in [0.3, 0.4) is 0 Å². The Bertz CT molecular complexity index is 1440. The average molecular weight is 479 g/mol. The number of carbonyl (C=O) groups is 2. The molecule has 0 fully saturated rings. The fourth-order valence-corrected chi connectivity index (χ4v) is 4.46. The number of carbonyl (C=O) groups excluding carboxylic acids is 2. The number of thioether (sulfide) groups is 1. The first-order valence-corrected chi connectivity index (χ1v) is 12.0. The average Bonchev–Trinajstić information content (AvgIpc) is 3.26. The summed E-state index contributed by atoms with van der Waals surface area (Å²) in [5, 5.41) is 15.0. The lowest BCUT2D eigenvalue weighted by Gasteiger charge is -2.11. The van der Waals surface area contributed by atoms with Gasteiger partial charge < -0.3 is 10.6 Å². The molecule has 2 N–H and O–H groups in total. The maximum atomic E-state index is 12.9. The molecular weight excluding hydrogens is 452 g/mol. The van der Waals surface area contributed by atoms with Gasteiger partial charge in [-0.2, -0.15) is 0 Å². The first-order chi connectivity index (χ1) is 16.4. The number of benzene rings is 2. The Morgan fingerprint density at radius 2 is 1.82 bits per heavy atom. The van der Waals surface area contributed by atoms with Gasteiger partial charge in [0.1, 0.15) is 0 Å².